The van der Waals surface area contributed by atoms with Gasteiger partial charge in [0.05, 0.1) is 6.20 Å². The number of amides is 2. The molecule has 0 spiro atoms. The molecule has 4 rings (SSSR count). The zero-order chi connectivity index (χ0) is 21.1. The monoisotopic (exact) mass is 412 g/mol. The Morgan fingerprint density at radius 1 is 1.27 bits per heavy atom. The number of hydrogen-bond acceptors (Lipinski definition) is 5. The van der Waals surface area contributed by atoms with Gasteiger partial charge >= 0.3 is 0 Å². The molecule has 3 heterocycles. The first-order valence-electron chi connectivity index (χ1n) is 10.7. The van der Waals surface area contributed by atoms with E-state index >= 15 is 0 Å². The number of hydrogen-bond donors (Lipinski definition) is 2. The number of fused-ring (bicyclic) bond motifs is 1. The summed E-state index contributed by atoms with van der Waals surface area (Å²) < 4.78 is 1.34. The zero-order valence-electron chi connectivity index (χ0n) is 17.3. The normalized spacial score (nSPS) is 17.8. The number of rotatable bonds is 5. The number of nitrogens with one attached hydrogen (secondary N) is 2. The lowest BCUT2D eigenvalue weighted by molar-refractivity contribution is -0.126. The van der Waals surface area contributed by atoms with Crippen molar-refractivity contribution in [2.75, 3.05) is 19.6 Å². The van der Waals surface area contributed by atoms with Crippen LogP contribution < -0.4 is 10.9 Å². The van der Waals surface area contributed by atoms with Gasteiger partial charge in [0.25, 0.3) is 11.5 Å². The minimum Gasteiger partial charge on any atom is -0.356 e. The molecule has 2 aromatic rings. The molecule has 160 valence electrons. The van der Waals surface area contributed by atoms with E-state index in [1.165, 1.54) is 22.9 Å². The standard InChI is InChI=1S/C21H28N6O3/c1-14-13-27-18(20(29)23-14)17(24-25-27)21(30)26-11-8-16(9-12-26)19(28)22-10-7-15-5-3-2-4-6-15/h5,13,16H,2-4,6-12H2,1H3,(H,22,28)(H,23,29). The van der Waals surface area contributed by atoms with Crippen LogP contribution in [0.2, 0.25) is 0 Å². The van der Waals surface area contributed by atoms with Crippen molar-refractivity contribution < 1.29 is 9.59 Å². The van der Waals surface area contributed by atoms with Crippen molar-refractivity contribution >= 4 is 17.3 Å². The number of carbonyl (C=O) groups is 2. The van der Waals surface area contributed by atoms with Gasteiger partial charge < -0.3 is 15.2 Å². The number of likely N-dealkylation sites (tertiary alicyclic amines) is 1. The average molecular weight is 412 g/mol. The highest BCUT2D eigenvalue weighted by molar-refractivity contribution is 5.98. The summed E-state index contributed by atoms with van der Waals surface area (Å²) in [4.78, 5) is 41.9. The van der Waals surface area contributed by atoms with Crippen LogP contribution in [0.4, 0.5) is 0 Å². The van der Waals surface area contributed by atoms with Crippen molar-refractivity contribution in [1.82, 2.24) is 30.0 Å². The highest BCUT2D eigenvalue weighted by atomic mass is 16.2. The van der Waals surface area contributed by atoms with E-state index in [0.29, 0.717) is 38.2 Å². The Morgan fingerprint density at radius 2 is 2.07 bits per heavy atom. The minimum absolute atomic E-state index is 0.0555. The minimum atomic E-state index is -0.384. The maximum absolute atomic E-state index is 12.9. The summed E-state index contributed by atoms with van der Waals surface area (Å²) in [5.74, 6) is -0.334. The van der Waals surface area contributed by atoms with Crippen LogP contribution in [0.15, 0.2) is 22.6 Å². The largest absolute Gasteiger partial charge is 0.356 e. The second-order valence-corrected chi connectivity index (χ2v) is 8.21. The van der Waals surface area contributed by atoms with Crippen LogP contribution in [-0.4, -0.2) is 56.2 Å². The van der Waals surface area contributed by atoms with Crippen LogP contribution in [-0.2, 0) is 4.79 Å². The summed E-state index contributed by atoms with van der Waals surface area (Å²) in [6.45, 7) is 3.35. The molecule has 2 aliphatic rings. The second-order valence-electron chi connectivity index (χ2n) is 8.21. The van der Waals surface area contributed by atoms with Crippen molar-refractivity contribution in [3.63, 3.8) is 0 Å². The first-order valence-corrected chi connectivity index (χ1v) is 10.7. The van der Waals surface area contributed by atoms with Gasteiger partial charge in [0.2, 0.25) is 5.91 Å². The summed E-state index contributed by atoms with van der Waals surface area (Å²) in [6, 6.07) is 0. The first kappa shape index (κ1) is 20.3. The lowest BCUT2D eigenvalue weighted by Crippen LogP contribution is -2.43. The van der Waals surface area contributed by atoms with E-state index in [1.54, 1.807) is 18.0 Å². The van der Waals surface area contributed by atoms with Gasteiger partial charge in [-0.25, -0.2) is 4.52 Å². The fraction of sp³-hybridized carbons (Fsp3) is 0.571. The van der Waals surface area contributed by atoms with Gasteiger partial charge in [0.15, 0.2) is 11.2 Å². The fourth-order valence-corrected chi connectivity index (χ4v) is 4.31. The third kappa shape index (κ3) is 4.29. The molecule has 30 heavy (non-hydrogen) atoms. The Bertz CT molecular complexity index is 1030. The highest BCUT2D eigenvalue weighted by Crippen LogP contribution is 2.21. The molecule has 0 bridgehead atoms. The van der Waals surface area contributed by atoms with E-state index in [1.807, 2.05) is 0 Å². The van der Waals surface area contributed by atoms with Crippen LogP contribution in [0.5, 0.6) is 0 Å². The van der Waals surface area contributed by atoms with Crippen LogP contribution in [0, 0.1) is 12.8 Å². The topological polar surface area (TPSA) is 112 Å². The number of aryl methyl sites for hydroxylation is 1. The zero-order valence-corrected chi connectivity index (χ0v) is 17.3. The highest BCUT2D eigenvalue weighted by Gasteiger charge is 2.30. The molecular weight excluding hydrogens is 384 g/mol. The maximum Gasteiger partial charge on any atom is 0.276 e. The summed E-state index contributed by atoms with van der Waals surface area (Å²) in [6.07, 6.45) is 10.9. The molecule has 0 radical (unpaired) electrons. The smallest absolute Gasteiger partial charge is 0.276 e. The van der Waals surface area contributed by atoms with Gasteiger partial charge in [-0.15, -0.1) is 5.10 Å². The number of carbonyl (C=O) groups excluding carboxylic acids is 2. The first-order chi connectivity index (χ1) is 14.5. The molecule has 1 fully saturated rings. The molecular formula is C21H28N6O3. The Hall–Kier alpha value is -2.97. The molecule has 1 aliphatic heterocycles. The third-order valence-corrected chi connectivity index (χ3v) is 6.02. The van der Waals surface area contributed by atoms with Gasteiger partial charge in [-0.1, -0.05) is 16.9 Å². The lowest BCUT2D eigenvalue weighted by Gasteiger charge is -2.30. The van der Waals surface area contributed by atoms with E-state index in [4.69, 9.17) is 0 Å². The molecule has 0 unspecified atom stereocenters. The summed E-state index contributed by atoms with van der Waals surface area (Å²) in [7, 11) is 0. The number of aromatic nitrogens is 4. The SMILES string of the molecule is Cc1cn2nnc(C(=O)N3CCC(C(=O)NCCC4=CCCCC4)CC3)c2c(=O)[nH]1. The predicted molar refractivity (Wildman–Crippen MR) is 111 cm³/mol. The second kappa shape index (κ2) is 8.81. The molecule has 0 aromatic carbocycles. The Kier molecular flexibility index (Phi) is 5.96. The third-order valence-electron chi connectivity index (χ3n) is 6.02. The number of nitrogens with zero attached hydrogens (tertiary/aromatic N) is 4. The number of allylic oxidation sites excluding steroid dienone is 1. The van der Waals surface area contributed by atoms with E-state index < -0.39 is 0 Å². The molecule has 2 amide bonds. The van der Waals surface area contributed by atoms with Gasteiger partial charge in [-0.2, -0.15) is 0 Å². The van der Waals surface area contributed by atoms with E-state index in [0.717, 1.165) is 19.3 Å². The van der Waals surface area contributed by atoms with Gasteiger partial charge in [0, 0.05) is 31.2 Å². The van der Waals surface area contributed by atoms with Gasteiger partial charge in [-0.05, 0) is 51.9 Å². The van der Waals surface area contributed by atoms with Crippen LogP contribution in [0.25, 0.3) is 5.52 Å². The van der Waals surface area contributed by atoms with E-state index in [2.05, 4.69) is 26.7 Å². The lowest BCUT2D eigenvalue weighted by atomic mass is 9.95. The molecule has 1 saturated heterocycles. The molecule has 2 aromatic heterocycles. The van der Waals surface area contributed by atoms with Gasteiger partial charge in [0.1, 0.15) is 0 Å². The van der Waals surface area contributed by atoms with Crippen molar-refractivity contribution in [3.8, 4) is 0 Å². The van der Waals surface area contributed by atoms with Crippen molar-refractivity contribution in [3.05, 3.63) is 39.6 Å². The number of piperidine rings is 1. The van der Waals surface area contributed by atoms with Gasteiger partial charge in [-0.3, -0.25) is 14.4 Å². The Balaban J connectivity index is 1.31. The average Bonchev–Trinajstić information content (AvgIpc) is 3.18. The summed E-state index contributed by atoms with van der Waals surface area (Å²) in [5, 5.41) is 10.9. The molecule has 9 nitrogen and oxygen atoms in total. The summed E-state index contributed by atoms with van der Waals surface area (Å²) in [5.41, 5.74) is 1.92. The van der Waals surface area contributed by atoms with Crippen LogP contribution in [0.1, 0.15) is 61.1 Å². The fourth-order valence-electron chi connectivity index (χ4n) is 4.31. The maximum atomic E-state index is 12.9. The Labute approximate surface area is 174 Å². The summed E-state index contributed by atoms with van der Waals surface area (Å²) >= 11 is 0. The number of H-pyrrole nitrogens is 1. The van der Waals surface area contributed by atoms with Crippen molar-refractivity contribution in [2.45, 2.75) is 51.9 Å². The van der Waals surface area contributed by atoms with Crippen molar-refractivity contribution in [1.29, 1.82) is 0 Å². The van der Waals surface area contributed by atoms with E-state index in [-0.39, 0.29) is 34.5 Å². The quantitative estimate of drug-likeness (QED) is 0.724. The molecule has 9 heteroatoms. The molecule has 1 aliphatic carbocycles. The molecule has 0 atom stereocenters. The number of aromatic amines is 1. The predicted octanol–water partition coefficient (Wildman–Crippen LogP) is 1.58. The van der Waals surface area contributed by atoms with Crippen LogP contribution in [0.3, 0.4) is 0 Å². The Morgan fingerprint density at radius 3 is 2.80 bits per heavy atom. The molecule has 0 saturated carbocycles. The van der Waals surface area contributed by atoms with Crippen LogP contribution >= 0.6 is 0 Å². The van der Waals surface area contributed by atoms with E-state index in [9.17, 15) is 14.4 Å². The molecule has 2 N–H and O–H groups in total. The van der Waals surface area contributed by atoms with Crippen molar-refractivity contribution in [2.24, 2.45) is 5.92 Å².